The summed E-state index contributed by atoms with van der Waals surface area (Å²) in [5.41, 5.74) is 2.55. The molecule has 120 valence electrons. The van der Waals surface area contributed by atoms with Gasteiger partial charge in [-0.05, 0) is 46.5 Å². The van der Waals surface area contributed by atoms with E-state index in [1.807, 2.05) is 19.9 Å². The number of hydrogen-bond acceptors (Lipinski definition) is 2. The van der Waals surface area contributed by atoms with Gasteiger partial charge in [-0.3, -0.25) is 14.5 Å². The van der Waals surface area contributed by atoms with Crippen LogP contribution >= 0.6 is 0 Å². The molecule has 0 radical (unpaired) electrons. The average molecular weight is 293 g/mol. The van der Waals surface area contributed by atoms with Crippen LogP contribution in [0.1, 0.15) is 73.1 Å². The molecule has 0 fully saturated rings. The van der Waals surface area contributed by atoms with Crippen molar-refractivity contribution in [2.75, 3.05) is 6.54 Å². The molecule has 3 nitrogen and oxygen atoms in total. The maximum absolute atomic E-state index is 12.0. The van der Waals surface area contributed by atoms with Crippen molar-refractivity contribution < 1.29 is 9.59 Å². The fourth-order valence-corrected chi connectivity index (χ4v) is 1.98. The molecule has 0 bridgehead atoms. The predicted octanol–water partition coefficient (Wildman–Crippen LogP) is 4.63. The van der Waals surface area contributed by atoms with Crippen LogP contribution in [0.5, 0.6) is 0 Å². The fourth-order valence-electron chi connectivity index (χ4n) is 1.98. The van der Waals surface area contributed by atoms with E-state index >= 15 is 0 Å². The van der Waals surface area contributed by atoms with Gasteiger partial charge in [0, 0.05) is 19.4 Å². The Bertz CT molecular complexity index is 372. The molecule has 2 amide bonds. The molecule has 0 aromatic carbocycles. The van der Waals surface area contributed by atoms with E-state index in [0.717, 1.165) is 25.7 Å². The Balaban J connectivity index is 4.61. The first-order valence-electron chi connectivity index (χ1n) is 8.04. The van der Waals surface area contributed by atoms with Gasteiger partial charge < -0.3 is 0 Å². The number of carbonyl (C=O) groups excluding carboxylic acids is 2. The van der Waals surface area contributed by atoms with Crippen LogP contribution in [0.3, 0.4) is 0 Å². The summed E-state index contributed by atoms with van der Waals surface area (Å²) >= 11 is 0. The number of rotatable bonds is 9. The maximum atomic E-state index is 12.0. The van der Waals surface area contributed by atoms with Gasteiger partial charge in [0.25, 0.3) is 0 Å². The first-order valence-corrected chi connectivity index (χ1v) is 8.04. The lowest BCUT2D eigenvalue weighted by Crippen LogP contribution is -2.36. The van der Waals surface area contributed by atoms with Gasteiger partial charge in [0.2, 0.25) is 11.8 Å². The molecule has 0 heterocycles. The average Bonchev–Trinajstić information content (AvgIpc) is 2.39. The molecular weight excluding hydrogens is 262 g/mol. The molecule has 0 aliphatic rings. The quantitative estimate of drug-likeness (QED) is 0.581. The van der Waals surface area contributed by atoms with Crippen LogP contribution < -0.4 is 0 Å². The van der Waals surface area contributed by atoms with Gasteiger partial charge in [0.1, 0.15) is 0 Å². The van der Waals surface area contributed by atoms with E-state index < -0.39 is 0 Å². The highest BCUT2D eigenvalue weighted by atomic mass is 16.2. The van der Waals surface area contributed by atoms with E-state index in [1.54, 1.807) is 0 Å². The second kappa shape index (κ2) is 11.3. The Morgan fingerprint density at radius 1 is 0.857 bits per heavy atom. The van der Waals surface area contributed by atoms with Crippen molar-refractivity contribution >= 4 is 11.8 Å². The maximum Gasteiger partial charge on any atom is 0.229 e. The van der Waals surface area contributed by atoms with Crippen molar-refractivity contribution in [3.63, 3.8) is 0 Å². The largest absolute Gasteiger partial charge is 0.279 e. The summed E-state index contributed by atoms with van der Waals surface area (Å²) in [6, 6.07) is 0. The Hall–Kier alpha value is -1.38. The van der Waals surface area contributed by atoms with Crippen molar-refractivity contribution in [2.45, 2.75) is 73.1 Å². The molecule has 0 saturated heterocycles. The SMILES string of the molecule is CCCC(=O)N(C/C=C(\C)CCC=C(C)C)C(=O)CCC. The molecule has 3 heteroatoms. The van der Waals surface area contributed by atoms with E-state index in [1.165, 1.54) is 16.0 Å². The molecule has 0 saturated carbocycles. The van der Waals surface area contributed by atoms with Gasteiger partial charge >= 0.3 is 0 Å². The molecule has 0 rings (SSSR count). The zero-order valence-corrected chi connectivity index (χ0v) is 14.4. The zero-order valence-electron chi connectivity index (χ0n) is 14.4. The summed E-state index contributed by atoms with van der Waals surface area (Å²) in [5.74, 6) is -0.103. The van der Waals surface area contributed by atoms with Crippen LogP contribution in [0.15, 0.2) is 23.3 Å². The van der Waals surface area contributed by atoms with Gasteiger partial charge in [-0.1, -0.05) is 37.1 Å². The highest BCUT2D eigenvalue weighted by Crippen LogP contribution is 2.09. The number of allylic oxidation sites excluding steroid dienone is 3. The van der Waals surface area contributed by atoms with Gasteiger partial charge in [-0.25, -0.2) is 0 Å². The monoisotopic (exact) mass is 293 g/mol. The van der Waals surface area contributed by atoms with E-state index in [0.29, 0.717) is 19.4 Å². The highest BCUT2D eigenvalue weighted by Gasteiger charge is 2.18. The number of hydrogen-bond donors (Lipinski definition) is 0. The minimum absolute atomic E-state index is 0.0516. The molecule has 0 aliphatic carbocycles. The Morgan fingerprint density at radius 2 is 1.38 bits per heavy atom. The molecule has 0 spiro atoms. The molecule has 0 unspecified atom stereocenters. The third kappa shape index (κ3) is 9.22. The third-order valence-corrected chi connectivity index (χ3v) is 3.24. The van der Waals surface area contributed by atoms with Crippen LogP contribution in [-0.4, -0.2) is 23.3 Å². The fraction of sp³-hybridized carbons (Fsp3) is 0.667. The van der Waals surface area contributed by atoms with Crippen molar-refractivity contribution in [3.05, 3.63) is 23.3 Å². The Morgan fingerprint density at radius 3 is 1.81 bits per heavy atom. The normalized spacial score (nSPS) is 11.2. The number of imide groups is 1. The molecule has 0 aromatic rings. The highest BCUT2D eigenvalue weighted by molar-refractivity contribution is 5.95. The number of carbonyl (C=O) groups is 2. The molecule has 21 heavy (non-hydrogen) atoms. The molecule has 0 atom stereocenters. The van der Waals surface area contributed by atoms with Crippen molar-refractivity contribution in [1.82, 2.24) is 4.90 Å². The van der Waals surface area contributed by atoms with Crippen molar-refractivity contribution in [1.29, 1.82) is 0 Å². The van der Waals surface area contributed by atoms with Gasteiger partial charge in [0.05, 0.1) is 0 Å². The summed E-state index contributed by atoms with van der Waals surface area (Å²) < 4.78 is 0. The second-order valence-electron chi connectivity index (χ2n) is 5.77. The van der Waals surface area contributed by atoms with Crippen LogP contribution in [0.25, 0.3) is 0 Å². The van der Waals surface area contributed by atoms with E-state index in [-0.39, 0.29) is 11.8 Å². The lowest BCUT2D eigenvalue weighted by atomic mass is 10.1. The van der Waals surface area contributed by atoms with Crippen LogP contribution in [0.4, 0.5) is 0 Å². The molecule has 0 aromatic heterocycles. The molecule has 0 aliphatic heterocycles. The topological polar surface area (TPSA) is 37.4 Å². The van der Waals surface area contributed by atoms with Gasteiger partial charge in [-0.2, -0.15) is 0 Å². The van der Waals surface area contributed by atoms with Crippen molar-refractivity contribution in [2.24, 2.45) is 0 Å². The smallest absolute Gasteiger partial charge is 0.229 e. The Labute approximate surface area is 130 Å². The van der Waals surface area contributed by atoms with Gasteiger partial charge in [0.15, 0.2) is 0 Å². The lowest BCUT2D eigenvalue weighted by Gasteiger charge is -2.19. The minimum atomic E-state index is -0.0516. The van der Waals surface area contributed by atoms with Crippen LogP contribution in [0.2, 0.25) is 0 Å². The summed E-state index contributed by atoms with van der Waals surface area (Å²) in [6.45, 7) is 10.6. The molecule has 0 N–H and O–H groups in total. The number of amides is 2. The van der Waals surface area contributed by atoms with E-state index in [4.69, 9.17) is 0 Å². The van der Waals surface area contributed by atoms with Gasteiger partial charge in [-0.15, -0.1) is 0 Å². The minimum Gasteiger partial charge on any atom is -0.279 e. The van der Waals surface area contributed by atoms with Crippen LogP contribution in [-0.2, 0) is 9.59 Å². The molecular formula is C18H31NO2. The first kappa shape index (κ1) is 19.6. The summed E-state index contributed by atoms with van der Waals surface area (Å²) in [5, 5.41) is 0. The second-order valence-corrected chi connectivity index (χ2v) is 5.77. The predicted molar refractivity (Wildman–Crippen MR) is 89.0 cm³/mol. The standard InChI is InChI=1S/C18H31NO2/c1-6-9-17(20)19(18(21)10-7-2)14-13-16(5)12-8-11-15(3)4/h11,13H,6-10,12,14H2,1-5H3/b16-13+. The lowest BCUT2D eigenvalue weighted by molar-refractivity contribution is -0.144. The van der Waals surface area contributed by atoms with E-state index in [2.05, 4.69) is 26.8 Å². The summed E-state index contributed by atoms with van der Waals surface area (Å²) in [6.07, 6.45) is 8.65. The Kier molecular flexibility index (Phi) is 10.6. The zero-order chi connectivity index (χ0) is 16.3. The third-order valence-electron chi connectivity index (χ3n) is 3.24. The summed E-state index contributed by atoms with van der Waals surface area (Å²) in [7, 11) is 0. The van der Waals surface area contributed by atoms with Crippen molar-refractivity contribution in [3.8, 4) is 0 Å². The number of nitrogens with zero attached hydrogens (tertiary/aromatic N) is 1. The van der Waals surface area contributed by atoms with Crippen LogP contribution in [0, 0.1) is 0 Å². The van der Waals surface area contributed by atoms with E-state index in [9.17, 15) is 9.59 Å². The first-order chi connectivity index (χ1) is 9.92. The summed E-state index contributed by atoms with van der Waals surface area (Å²) in [4.78, 5) is 25.5.